The molecule has 0 radical (unpaired) electrons. The lowest BCUT2D eigenvalue weighted by atomic mass is 9.95. The molecule has 22 heavy (non-hydrogen) atoms. The lowest BCUT2D eigenvalue weighted by Crippen LogP contribution is -2.95. The zero-order valence-corrected chi connectivity index (χ0v) is 15.1. The molecule has 7 heteroatoms. The van der Waals surface area contributed by atoms with E-state index in [4.69, 9.17) is 9.94 Å². The van der Waals surface area contributed by atoms with Crippen molar-refractivity contribution in [3.63, 3.8) is 0 Å². The molecule has 0 spiro atoms. The van der Waals surface area contributed by atoms with Crippen molar-refractivity contribution in [3.8, 4) is 0 Å². The Hall–Kier alpha value is -0.780. The quantitative estimate of drug-likeness (QED) is 0.590. The van der Waals surface area contributed by atoms with E-state index < -0.39 is 0 Å². The second-order valence-electron chi connectivity index (χ2n) is 5.23. The number of nitrogens with zero attached hydrogens (tertiary/aromatic N) is 1. The number of aromatic nitrogens is 1. The van der Waals surface area contributed by atoms with E-state index in [-0.39, 0.29) is 0 Å². The normalized spacial score (nSPS) is 16.9. The van der Waals surface area contributed by atoms with Crippen molar-refractivity contribution in [2.45, 2.75) is 38.1 Å². The third-order valence-electron chi connectivity index (χ3n) is 3.91. The molecule has 1 aliphatic rings. The molecule has 0 aliphatic heterocycles. The molecule has 1 aliphatic carbocycles. The zero-order valence-electron chi connectivity index (χ0n) is 13.1. The SMILES string of the molecule is CO.CO[NH+](P)c1cnc2ccsc2c1NC1CCCCC1. The van der Waals surface area contributed by atoms with Gasteiger partial charge in [-0.1, -0.05) is 19.3 Å². The van der Waals surface area contributed by atoms with Gasteiger partial charge < -0.3 is 10.4 Å². The summed E-state index contributed by atoms with van der Waals surface area (Å²) in [6.45, 7) is 0. The summed E-state index contributed by atoms with van der Waals surface area (Å²) in [7, 11) is 5.36. The van der Waals surface area contributed by atoms with Crippen LogP contribution in [0.15, 0.2) is 17.6 Å². The monoisotopic (exact) mass is 342 g/mol. The van der Waals surface area contributed by atoms with Crippen molar-refractivity contribution >= 4 is 42.3 Å². The van der Waals surface area contributed by atoms with Crippen molar-refractivity contribution in [3.05, 3.63) is 17.6 Å². The Balaban J connectivity index is 0.000000847. The summed E-state index contributed by atoms with van der Waals surface area (Å²) in [4.78, 5) is 10.8. The minimum absolute atomic E-state index is 0.574. The van der Waals surface area contributed by atoms with Gasteiger partial charge in [-0.15, -0.1) is 16.2 Å². The molecule has 2 atom stereocenters. The van der Waals surface area contributed by atoms with E-state index in [0.717, 1.165) is 23.1 Å². The van der Waals surface area contributed by atoms with E-state index in [2.05, 4.69) is 31.1 Å². The number of fused-ring (bicyclic) bond motifs is 1. The lowest BCUT2D eigenvalue weighted by molar-refractivity contribution is -0.918. The van der Waals surface area contributed by atoms with Crippen LogP contribution in [0.5, 0.6) is 0 Å². The van der Waals surface area contributed by atoms with Crippen molar-refractivity contribution in [2.75, 3.05) is 19.5 Å². The fourth-order valence-corrected chi connectivity index (χ4v) is 3.88. The number of nitrogens with one attached hydrogen (secondary N) is 2. The van der Waals surface area contributed by atoms with Crippen molar-refractivity contribution in [1.29, 1.82) is 0 Å². The van der Waals surface area contributed by atoms with Gasteiger partial charge >= 0.3 is 0 Å². The van der Waals surface area contributed by atoms with E-state index in [0.29, 0.717) is 6.04 Å². The maximum Gasteiger partial charge on any atom is 0.207 e. The molecule has 2 heterocycles. The Kier molecular flexibility index (Phi) is 6.99. The largest absolute Gasteiger partial charge is 0.400 e. The number of anilines is 1. The molecule has 122 valence electrons. The van der Waals surface area contributed by atoms with Crippen LogP contribution in [0.1, 0.15) is 32.1 Å². The summed E-state index contributed by atoms with van der Waals surface area (Å²) in [5.41, 5.74) is 3.30. The number of hydrogen-bond acceptors (Lipinski definition) is 5. The minimum atomic E-state index is 0.574. The predicted molar refractivity (Wildman–Crippen MR) is 95.6 cm³/mol. The van der Waals surface area contributed by atoms with Crippen molar-refractivity contribution in [2.24, 2.45) is 0 Å². The van der Waals surface area contributed by atoms with E-state index in [1.807, 2.05) is 6.20 Å². The van der Waals surface area contributed by atoms with Crippen molar-refractivity contribution in [1.82, 2.24) is 4.98 Å². The van der Waals surface area contributed by atoms with Gasteiger partial charge in [0.05, 0.1) is 23.5 Å². The van der Waals surface area contributed by atoms with Gasteiger partial charge in [0.25, 0.3) is 0 Å². The van der Waals surface area contributed by atoms with Gasteiger partial charge in [0, 0.05) is 13.2 Å². The van der Waals surface area contributed by atoms with Gasteiger partial charge in [0.1, 0.15) is 15.1 Å². The molecule has 2 unspecified atom stereocenters. The maximum atomic E-state index is 7.00. The van der Waals surface area contributed by atoms with Crippen LogP contribution in [0.25, 0.3) is 10.2 Å². The van der Waals surface area contributed by atoms with Crippen LogP contribution in [0.2, 0.25) is 0 Å². The van der Waals surface area contributed by atoms with E-state index >= 15 is 0 Å². The highest BCUT2D eigenvalue weighted by molar-refractivity contribution is 7.17. The fourth-order valence-electron chi connectivity index (χ4n) is 2.80. The molecule has 5 nitrogen and oxygen atoms in total. The van der Waals surface area contributed by atoms with Gasteiger partial charge in [-0.05, 0) is 24.3 Å². The standard InChI is InChI=1S/C14H20N3OPS.CH4O/c1-18-17(19)12-9-15-11-7-8-20-14(11)13(12)16-10-5-3-2-4-6-10;1-2/h7-10H,2-6,19H2,1H3,(H,15,16);2H,1H3/p+1. The second kappa shape index (κ2) is 8.75. The highest BCUT2D eigenvalue weighted by atomic mass is 32.1. The first kappa shape index (κ1) is 17.6. The van der Waals surface area contributed by atoms with Gasteiger partial charge in [0.2, 0.25) is 5.69 Å². The average molecular weight is 342 g/mol. The summed E-state index contributed by atoms with van der Waals surface area (Å²) >= 11 is 1.74. The fraction of sp³-hybridized carbons (Fsp3) is 0.533. The van der Waals surface area contributed by atoms with E-state index in [1.165, 1.54) is 42.5 Å². The summed E-state index contributed by atoms with van der Waals surface area (Å²) in [6.07, 6.45) is 8.45. The van der Waals surface area contributed by atoms with Crippen LogP contribution in [0.3, 0.4) is 0 Å². The topological polar surface area (TPSA) is 58.8 Å². The van der Waals surface area contributed by atoms with E-state index in [1.54, 1.807) is 18.4 Å². The van der Waals surface area contributed by atoms with Crippen molar-refractivity contribution < 1.29 is 14.8 Å². The first-order chi connectivity index (χ1) is 10.8. The van der Waals surface area contributed by atoms with Crippen LogP contribution >= 0.6 is 20.7 Å². The molecule has 0 aromatic carbocycles. The summed E-state index contributed by atoms with van der Waals surface area (Å²) < 4.78 is 1.23. The van der Waals surface area contributed by atoms with Gasteiger partial charge in [0.15, 0.2) is 0 Å². The van der Waals surface area contributed by atoms with Gasteiger partial charge in [-0.3, -0.25) is 0 Å². The molecular formula is C15H25N3O2PS+. The van der Waals surface area contributed by atoms with Crippen LogP contribution in [-0.4, -0.2) is 30.4 Å². The molecule has 1 fully saturated rings. The molecule has 0 amide bonds. The summed E-state index contributed by atoms with van der Waals surface area (Å²) in [5, 5.41) is 12.9. The third-order valence-corrected chi connectivity index (χ3v) is 5.38. The maximum absolute atomic E-state index is 7.00. The second-order valence-corrected chi connectivity index (χ2v) is 6.67. The highest BCUT2D eigenvalue weighted by Crippen LogP contribution is 2.34. The van der Waals surface area contributed by atoms with Gasteiger partial charge in [-0.2, -0.15) is 0 Å². The average Bonchev–Trinajstić information content (AvgIpc) is 3.06. The van der Waals surface area contributed by atoms with E-state index in [9.17, 15) is 0 Å². The molecular weight excluding hydrogens is 317 g/mol. The number of thiophene rings is 1. The number of pyridine rings is 1. The number of aliphatic hydroxyl groups is 1. The number of rotatable bonds is 4. The number of quaternary nitrogens is 1. The molecule has 1 saturated carbocycles. The molecule has 2 aromatic rings. The molecule has 3 rings (SSSR count). The van der Waals surface area contributed by atoms with Gasteiger partial charge in [-0.25, -0.2) is 9.82 Å². The van der Waals surface area contributed by atoms with Crippen LogP contribution in [0, 0.1) is 0 Å². The Labute approximate surface area is 137 Å². The zero-order chi connectivity index (χ0) is 15.9. The van der Waals surface area contributed by atoms with Crippen LogP contribution in [0.4, 0.5) is 11.4 Å². The first-order valence-electron chi connectivity index (χ1n) is 7.54. The Morgan fingerprint density at radius 2 is 2.09 bits per heavy atom. The predicted octanol–water partition coefficient (Wildman–Crippen LogP) is 2.52. The molecule has 0 saturated heterocycles. The number of hydrogen-bond donors (Lipinski definition) is 3. The Bertz CT molecular complexity index is 587. The Morgan fingerprint density at radius 1 is 1.36 bits per heavy atom. The smallest absolute Gasteiger partial charge is 0.207 e. The highest BCUT2D eigenvalue weighted by Gasteiger charge is 2.22. The number of aliphatic hydroxyl groups excluding tert-OH is 1. The van der Waals surface area contributed by atoms with Crippen LogP contribution in [-0.2, 0) is 4.84 Å². The first-order valence-corrected chi connectivity index (χ1v) is 8.99. The third kappa shape index (κ3) is 3.94. The molecule has 3 N–H and O–H groups in total. The minimum Gasteiger partial charge on any atom is -0.400 e. The van der Waals surface area contributed by atoms with Crippen LogP contribution < -0.4 is 10.2 Å². The summed E-state index contributed by atoms with van der Waals surface area (Å²) in [5.74, 6) is 0. The lowest BCUT2D eigenvalue weighted by Gasteiger charge is -2.25. The molecule has 2 aromatic heterocycles. The molecule has 0 bridgehead atoms. The summed E-state index contributed by atoms with van der Waals surface area (Å²) in [6, 6.07) is 2.65. The Morgan fingerprint density at radius 3 is 2.77 bits per heavy atom.